The van der Waals surface area contributed by atoms with Gasteiger partial charge >= 0.3 is 5.76 Å². The maximum atomic E-state index is 10.9. The topological polar surface area (TPSA) is 91.1 Å². The molecule has 0 amide bonds. The zero-order chi connectivity index (χ0) is 16.8. The highest BCUT2D eigenvalue weighted by atomic mass is 16.4. The summed E-state index contributed by atoms with van der Waals surface area (Å²) in [5.74, 6) is -0.381. The summed E-state index contributed by atoms with van der Waals surface area (Å²) in [6.07, 6.45) is 2.41. The highest BCUT2D eigenvalue weighted by molar-refractivity contribution is 5.59. The molecule has 0 aliphatic heterocycles. The van der Waals surface area contributed by atoms with Gasteiger partial charge in [0.25, 0.3) is 0 Å². The molecule has 6 nitrogen and oxygen atoms in total. The Hall–Kier alpha value is -2.08. The lowest BCUT2D eigenvalue weighted by Gasteiger charge is -2.19. The van der Waals surface area contributed by atoms with Gasteiger partial charge in [0, 0.05) is 12.2 Å². The first-order valence-electron chi connectivity index (χ1n) is 8.18. The van der Waals surface area contributed by atoms with E-state index in [1.54, 1.807) is 0 Å². The van der Waals surface area contributed by atoms with Crippen molar-refractivity contribution in [2.45, 2.75) is 52.6 Å². The lowest BCUT2D eigenvalue weighted by molar-refractivity contribution is 0.177. The number of anilines is 1. The average molecular weight is 319 g/mol. The van der Waals surface area contributed by atoms with Crippen LogP contribution in [0.15, 0.2) is 21.3 Å². The van der Waals surface area contributed by atoms with Gasteiger partial charge < -0.3 is 14.8 Å². The van der Waals surface area contributed by atoms with E-state index in [4.69, 9.17) is 4.42 Å². The highest BCUT2D eigenvalue weighted by Crippen LogP contribution is 2.25. The van der Waals surface area contributed by atoms with E-state index in [9.17, 15) is 9.90 Å². The molecule has 1 heterocycles. The molecule has 0 aliphatic carbocycles. The summed E-state index contributed by atoms with van der Waals surface area (Å²) in [6.45, 7) is 6.80. The SMILES string of the molecule is CCc1cc(CC)c(NCC(O)Cc2n[nH]c(=O)o2)c(CC)c1. The zero-order valence-electron chi connectivity index (χ0n) is 14.0. The minimum Gasteiger partial charge on any atom is -0.392 e. The molecule has 0 spiro atoms. The van der Waals surface area contributed by atoms with E-state index in [1.165, 1.54) is 16.7 Å². The number of hydrogen-bond acceptors (Lipinski definition) is 5. The number of nitrogens with one attached hydrogen (secondary N) is 2. The zero-order valence-corrected chi connectivity index (χ0v) is 14.0. The third-order valence-corrected chi connectivity index (χ3v) is 3.94. The third-order valence-electron chi connectivity index (χ3n) is 3.94. The molecule has 3 N–H and O–H groups in total. The Bertz CT molecular complexity index is 665. The number of aromatic nitrogens is 2. The molecule has 1 aromatic heterocycles. The summed E-state index contributed by atoms with van der Waals surface area (Å²) >= 11 is 0. The highest BCUT2D eigenvalue weighted by Gasteiger charge is 2.13. The van der Waals surface area contributed by atoms with Crippen molar-refractivity contribution in [2.75, 3.05) is 11.9 Å². The molecule has 23 heavy (non-hydrogen) atoms. The van der Waals surface area contributed by atoms with Gasteiger partial charge in [0.05, 0.1) is 12.5 Å². The van der Waals surface area contributed by atoms with E-state index in [0.717, 1.165) is 24.9 Å². The van der Waals surface area contributed by atoms with Gasteiger partial charge in [-0.2, -0.15) is 0 Å². The fourth-order valence-corrected chi connectivity index (χ4v) is 2.67. The van der Waals surface area contributed by atoms with Crippen molar-refractivity contribution in [2.24, 2.45) is 0 Å². The monoisotopic (exact) mass is 319 g/mol. The van der Waals surface area contributed by atoms with E-state index in [0.29, 0.717) is 6.54 Å². The van der Waals surface area contributed by atoms with Crippen molar-refractivity contribution in [1.82, 2.24) is 10.2 Å². The second-order valence-electron chi connectivity index (χ2n) is 5.60. The van der Waals surface area contributed by atoms with Crippen LogP contribution >= 0.6 is 0 Å². The van der Waals surface area contributed by atoms with Crippen LogP contribution < -0.4 is 11.1 Å². The molecule has 0 radical (unpaired) electrons. The molecule has 6 heteroatoms. The van der Waals surface area contributed by atoms with E-state index in [-0.39, 0.29) is 12.3 Å². The largest absolute Gasteiger partial charge is 0.434 e. The number of aliphatic hydroxyl groups excluding tert-OH is 1. The Labute approximate surface area is 135 Å². The first-order valence-corrected chi connectivity index (χ1v) is 8.18. The molecular formula is C17H25N3O3. The third kappa shape index (κ3) is 4.45. The fourth-order valence-electron chi connectivity index (χ4n) is 2.67. The maximum Gasteiger partial charge on any atom is 0.434 e. The predicted molar refractivity (Wildman–Crippen MR) is 89.9 cm³/mol. The van der Waals surface area contributed by atoms with Crippen molar-refractivity contribution in [3.05, 3.63) is 45.3 Å². The Morgan fingerprint density at radius 2 is 1.87 bits per heavy atom. The number of aliphatic hydroxyl groups is 1. The van der Waals surface area contributed by atoms with E-state index in [1.807, 2.05) is 0 Å². The van der Waals surface area contributed by atoms with E-state index in [2.05, 4.69) is 48.4 Å². The minimum absolute atomic E-state index is 0.196. The summed E-state index contributed by atoms with van der Waals surface area (Å²) in [5, 5.41) is 19.4. The molecule has 0 saturated carbocycles. The number of benzene rings is 1. The quantitative estimate of drug-likeness (QED) is 0.693. The number of aromatic amines is 1. The van der Waals surface area contributed by atoms with Gasteiger partial charge in [-0.1, -0.05) is 32.9 Å². The number of hydrogen-bond donors (Lipinski definition) is 3. The van der Waals surface area contributed by atoms with Crippen molar-refractivity contribution in [3.63, 3.8) is 0 Å². The minimum atomic E-state index is -0.679. The summed E-state index contributed by atoms with van der Waals surface area (Å²) in [6, 6.07) is 4.45. The lowest BCUT2D eigenvalue weighted by atomic mass is 9.97. The predicted octanol–water partition coefficient (Wildman–Crippen LogP) is 2.07. The Kier molecular flexibility index (Phi) is 5.98. The van der Waals surface area contributed by atoms with Crippen LogP contribution in [0, 0.1) is 0 Å². The second-order valence-corrected chi connectivity index (χ2v) is 5.60. The van der Waals surface area contributed by atoms with Gasteiger partial charge in [0.1, 0.15) is 0 Å². The van der Waals surface area contributed by atoms with Crippen molar-refractivity contribution in [3.8, 4) is 0 Å². The number of nitrogens with zero attached hydrogens (tertiary/aromatic N) is 1. The van der Waals surface area contributed by atoms with Gasteiger partial charge in [0.2, 0.25) is 5.89 Å². The molecule has 2 rings (SSSR count). The van der Waals surface area contributed by atoms with Gasteiger partial charge in [-0.3, -0.25) is 0 Å². The molecule has 0 fully saturated rings. The van der Waals surface area contributed by atoms with Gasteiger partial charge in [-0.25, -0.2) is 9.89 Å². The Morgan fingerprint density at radius 3 is 2.35 bits per heavy atom. The van der Waals surface area contributed by atoms with Crippen LogP contribution in [0.25, 0.3) is 0 Å². The molecule has 1 atom stereocenters. The summed E-state index contributed by atoms with van der Waals surface area (Å²) < 4.78 is 4.82. The van der Waals surface area contributed by atoms with Gasteiger partial charge in [-0.05, 0) is 36.0 Å². The molecule has 1 aromatic carbocycles. The van der Waals surface area contributed by atoms with Crippen LogP contribution in [0.1, 0.15) is 43.4 Å². The summed E-state index contributed by atoms with van der Waals surface area (Å²) in [4.78, 5) is 10.9. The van der Waals surface area contributed by atoms with Crippen LogP contribution in [-0.4, -0.2) is 28.0 Å². The van der Waals surface area contributed by atoms with Crippen LogP contribution in [0.5, 0.6) is 0 Å². The van der Waals surface area contributed by atoms with Gasteiger partial charge in [0.15, 0.2) is 0 Å². The number of rotatable bonds is 8. The average Bonchev–Trinajstić information content (AvgIpc) is 2.96. The maximum absolute atomic E-state index is 10.9. The second kappa shape index (κ2) is 7.97. The molecule has 0 bridgehead atoms. The number of aryl methyl sites for hydroxylation is 3. The Balaban J connectivity index is 2.08. The van der Waals surface area contributed by atoms with Crippen LogP contribution in [0.4, 0.5) is 5.69 Å². The van der Waals surface area contributed by atoms with E-state index >= 15 is 0 Å². The lowest BCUT2D eigenvalue weighted by Crippen LogP contribution is -2.23. The summed E-state index contributed by atoms with van der Waals surface area (Å²) in [5.41, 5.74) is 4.97. The van der Waals surface area contributed by atoms with Crippen molar-refractivity contribution >= 4 is 5.69 Å². The molecule has 0 saturated heterocycles. The van der Waals surface area contributed by atoms with Crippen LogP contribution in [0.3, 0.4) is 0 Å². The van der Waals surface area contributed by atoms with Crippen molar-refractivity contribution in [1.29, 1.82) is 0 Å². The van der Waals surface area contributed by atoms with Crippen LogP contribution in [0.2, 0.25) is 0 Å². The molecule has 2 aromatic rings. The summed E-state index contributed by atoms with van der Waals surface area (Å²) in [7, 11) is 0. The first-order chi connectivity index (χ1) is 11.1. The molecule has 1 unspecified atom stereocenters. The fraction of sp³-hybridized carbons (Fsp3) is 0.529. The molecule has 126 valence electrons. The number of H-pyrrole nitrogens is 1. The standard InChI is InChI=1S/C17H25N3O3/c1-4-11-7-12(5-2)16(13(6-3)8-11)18-10-14(21)9-15-19-20-17(22)23-15/h7-8,14,18,21H,4-6,9-10H2,1-3H3,(H,20,22). The first kappa shape index (κ1) is 17.3. The Morgan fingerprint density at radius 1 is 1.22 bits per heavy atom. The van der Waals surface area contributed by atoms with E-state index < -0.39 is 11.9 Å². The normalized spacial score (nSPS) is 12.3. The van der Waals surface area contributed by atoms with Gasteiger partial charge in [-0.15, -0.1) is 5.10 Å². The molecule has 0 aliphatic rings. The van der Waals surface area contributed by atoms with Crippen molar-refractivity contribution < 1.29 is 9.52 Å². The smallest absolute Gasteiger partial charge is 0.392 e. The van der Waals surface area contributed by atoms with Crippen LogP contribution in [-0.2, 0) is 25.7 Å². The molecular weight excluding hydrogens is 294 g/mol.